The molecule has 0 saturated carbocycles. The third-order valence-corrected chi connectivity index (χ3v) is 3.37. The lowest BCUT2D eigenvalue weighted by molar-refractivity contribution is -0.147. The Morgan fingerprint density at radius 2 is 2.17 bits per heavy atom. The van der Waals surface area contributed by atoms with Gasteiger partial charge in [-0.25, -0.2) is 0 Å². The molecule has 1 aliphatic heterocycles. The van der Waals surface area contributed by atoms with Crippen LogP contribution in [0.2, 0.25) is 0 Å². The molecular formula is C13H23NO4. The molecule has 1 heterocycles. The van der Waals surface area contributed by atoms with Gasteiger partial charge in [-0.2, -0.15) is 0 Å². The first-order chi connectivity index (χ1) is 8.56. The average molecular weight is 257 g/mol. The van der Waals surface area contributed by atoms with Crippen molar-refractivity contribution in [1.82, 2.24) is 4.90 Å². The Morgan fingerprint density at radius 3 is 2.78 bits per heavy atom. The van der Waals surface area contributed by atoms with Crippen LogP contribution in [0.3, 0.4) is 0 Å². The first kappa shape index (κ1) is 15.0. The van der Waals surface area contributed by atoms with E-state index >= 15 is 0 Å². The molecule has 1 aliphatic rings. The molecule has 1 amide bonds. The van der Waals surface area contributed by atoms with E-state index in [1.165, 1.54) is 0 Å². The van der Waals surface area contributed by atoms with Crippen LogP contribution < -0.4 is 0 Å². The van der Waals surface area contributed by atoms with Gasteiger partial charge in [-0.3, -0.25) is 9.59 Å². The molecule has 0 aromatic rings. The van der Waals surface area contributed by atoms with E-state index in [0.717, 1.165) is 25.8 Å². The van der Waals surface area contributed by atoms with Crippen LogP contribution in [0.25, 0.3) is 0 Å². The normalized spacial score (nSPS) is 21.7. The molecule has 2 atom stereocenters. The number of aliphatic carboxylic acids is 1. The minimum absolute atomic E-state index is 0.00746. The summed E-state index contributed by atoms with van der Waals surface area (Å²) in [5, 5.41) is 8.73. The van der Waals surface area contributed by atoms with E-state index in [9.17, 15) is 9.59 Å². The van der Waals surface area contributed by atoms with Crippen LogP contribution in [-0.4, -0.2) is 47.2 Å². The molecule has 0 bridgehead atoms. The monoisotopic (exact) mass is 257 g/mol. The number of piperidine rings is 1. The zero-order valence-electron chi connectivity index (χ0n) is 11.2. The van der Waals surface area contributed by atoms with E-state index in [1.54, 1.807) is 6.92 Å². The van der Waals surface area contributed by atoms with Gasteiger partial charge in [0.1, 0.15) is 6.10 Å². The number of rotatable bonds is 6. The number of carbonyl (C=O) groups excluding carboxylic acids is 1. The molecule has 5 heteroatoms. The number of carbonyl (C=O) groups is 2. The lowest BCUT2D eigenvalue weighted by Gasteiger charge is -2.37. The topological polar surface area (TPSA) is 66.8 Å². The Labute approximate surface area is 108 Å². The second-order valence-corrected chi connectivity index (χ2v) is 4.71. The summed E-state index contributed by atoms with van der Waals surface area (Å²) < 4.78 is 5.32. The van der Waals surface area contributed by atoms with Crippen LogP contribution in [0, 0.1) is 0 Å². The molecule has 0 unspecified atom stereocenters. The van der Waals surface area contributed by atoms with E-state index in [2.05, 4.69) is 0 Å². The first-order valence-electron chi connectivity index (χ1n) is 6.70. The minimum atomic E-state index is -0.800. The van der Waals surface area contributed by atoms with Gasteiger partial charge in [-0.05, 0) is 39.5 Å². The Kier molecular flexibility index (Phi) is 6.12. The van der Waals surface area contributed by atoms with Gasteiger partial charge in [-0.15, -0.1) is 0 Å². The van der Waals surface area contributed by atoms with Crippen LogP contribution in [0.1, 0.15) is 46.0 Å². The predicted octanol–water partition coefficient (Wildman–Crippen LogP) is 1.66. The lowest BCUT2D eigenvalue weighted by Crippen LogP contribution is -2.48. The Morgan fingerprint density at radius 1 is 1.44 bits per heavy atom. The summed E-state index contributed by atoms with van der Waals surface area (Å²) >= 11 is 0. The molecule has 1 N–H and O–H groups in total. The van der Waals surface area contributed by atoms with Gasteiger partial charge < -0.3 is 14.7 Å². The van der Waals surface area contributed by atoms with E-state index in [1.807, 2.05) is 11.8 Å². The number of likely N-dealkylation sites (tertiary alicyclic amines) is 1. The molecule has 104 valence electrons. The summed E-state index contributed by atoms with van der Waals surface area (Å²) in [6.07, 6.45) is 3.20. The van der Waals surface area contributed by atoms with E-state index in [4.69, 9.17) is 9.84 Å². The van der Waals surface area contributed by atoms with Crippen LogP contribution in [0.5, 0.6) is 0 Å². The number of ether oxygens (including phenoxy) is 1. The van der Waals surface area contributed by atoms with Crippen LogP contribution in [0.4, 0.5) is 0 Å². The summed E-state index contributed by atoms with van der Waals surface area (Å²) in [5.74, 6) is -0.808. The van der Waals surface area contributed by atoms with Gasteiger partial charge in [0.15, 0.2) is 0 Å². The second-order valence-electron chi connectivity index (χ2n) is 4.71. The highest BCUT2D eigenvalue weighted by Gasteiger charge is 2.29. The largest absolute Gasteiger partial charge is 0.481 e. The van der Waals surface area contributed by atoms with Crippen LogP contribution in [0.15, 0.2) is 0 Å². The Balaban J connectivity index is 2.57. The smallest absolute Gasteiger partial charge is 0.303 e. The molecule has 1 rings (SSSR count). The van der Waals surface area contributed by atoms with Crippen molar-refractivity contribution in [2.75, 3.05) is 13.2 Å². The van der Waals surface area contributed by atoms with Crippen molar-refractivity contribution in [2.45, 2.75) is 58.1 Å². The number of nitrogens with zero attached hydrogens (tertiary/aromatic N) is 1. The highest BCUT2D eigenvalue weighted by atomic mass is 16.5. The molecular weight excluding hydrogens is 234 g/mol. The molecule has 0 spiro atoms. The SMILES string of the molecule is CCO[C@H](C)C(=O)N1CCCC[C@@H]1CCC(=O)O. The molecule has 0 aliphatic carbocycles. The van der Waals surface area contributed by atoms with E-state index in [0.29, 0.717) is 13.0 Å². The quantitative estimate of drug-likeness (QED) is 0.785. The van der Waals surface area contributed by atoms with Crippen molar-refractivity contribution in [3.8, 4) is 0 Å². The summed E-state index contributed by atoms with van der Waals surface area (Å²) in [4.78, 5) is 24.6. The summed E-state index contributed by atoms with van der Waals surface area (Å²) in [5.41, 5.74) is 0. The highest BCUT2D eigenvalue weighted by Crippen LogP contribution is 2.22. The molecule has 5 nitrogen and oxygen atoms in total. The summed E-state index contributed by atoms with van der Waals surface area (Å²) in [6, 6.07) is 0.0604. The zero-order valence-corrected chi connectivity index (χ0v) is 11.2. The van der Waals surface area contributed by atoms with Gasteiger partial charge in [0.2, 0.25) is 0 Å². The van der Waals surface area contributed by atoms with Crippen molar-refractivity contribution in [3.05, 3.63) is 0 Å². The second kappa shape index (κ2) is 7.36. The number of carboxylic acid groups (broad SMARTS) is 1. The average Bonchev–Trinajstić information content (AvgIpc) is 2.36. The van der Waals surface area contributed by atoms with Crippen LogP contribution in [-0.2, 0) is 14.3 Å². The molecule has 0 radical (unpaired) electrons. The van der Waals surface area contributed by atoms with Crippen molar-refractivity contribution < 1.29 is 19.4 Å². The highest BCUT2D eigenvalue weighted by molar-refractivity contribution is 5.81. The maximum absolute atomic E-state index is 12.2. The number of amides is 1. The van der Waals surface area contributed by atoms with Gasteiger partial charge in [0.05, 0.1) is 0 Å². The Hall–Kier alpha value is -1.10. The molecule has 1 saturated heterocycles. The number of hydrogen-bond acceptors (Lipinski definition) is 3. The fourth-order valence-corrected chi connectivity index (χ4v) is 2.44. The fraction of sp³-hybridized carbons (Fsp3) is 0.846. The van der Waals surface area contributed by atoms with E-state index < -0.39 is 12.1 Å². The predicted molar refractivity (Wildman–Crippen MR) is 67.3 cm³/mol. The summed E-state index contributed by atoms with van der Waals surface area (Å²) in [7, 11) is 0. The number of carboxylic acids is 1. The van der Waals surface area contributed by atoms with Crippen molar-refractivity contribution >= 4 is 11.9 Å². The van der Waals surface area contributed by atoms with Crippen molar-refractivity contribution in [2.24, 2.45) is 0 Å². The van der Waals surface area contributed by atoms with Crippen molar-refractivity contribution in [1.29, 1.82) is 0 Å². The van der Waals surface area contributed by atoms with Gasteiger partial charge in [0, 0.05) is 25.6 Å². The summed E-state index contributed by atoms with van der Waals surface area (Å²) in [6.45, 7) is 4.86. The van der Waals surface area contributed by atoms with Gasteiger partial charge in [-0.1, -0.05) is 0 Å². The van der Waals surface area contributed by atoms with Crippen molar-refractivity contribution in [3.63, 3.8) is 0 Å². The third kappa shape index (κ3) is 4.29. The van der Waals surface area contributed by atoms with Crippen LogP contribution >= 0.6 is 0 Å². The molecule has 0 aromatic heterocycles. The zero-order chi connectivity index (χ0) is 13.5. The minimum Gasteiger partial charge on any atom is -0.481 e. The van der Waals surface area contributed by atoms with Gasteiger partial charge >= 0.3 is 5.97 Å². The van der Waals surface area contributed by atoms with E-state index in [-0.39, 0.29) is 18.4 Å². The number of hydrogen-bond donors (Lipinski definition) is 1. The maximum atomic E-state index is 12.2. The molecule has 0 aromatic carbocycles. The Bertz CT molecular complexity index is 293. The lowest BCUT2D eigenvalue weighted by atomic mass is 9.97. The maximum Gasteiger partial charge on any atom is 0.303 e. The van der Waals surface area contributed by atoms with Gasteiger partial charge in [0.25, 0.3) is 5.91 Å². The standard InChI is InChI=1S/C13H23NO4/c1-3-18-10(2)13(17)14-9-5-4-6-11(14)7-8-12(15)16/h10-11H,3-9H2,1-2H3,(H,15,16)/t10-,11-/m1/s1. The first-order valence-corrected chi connectivity index (χ1v) is 6.70. The fourth-order valence-electron chi connectivity index (χ4n) is 2.44. The molecule has 1 fully saturated rings. The third-order valence-electron chi connectivity index (χ3n) is 3.37. The molecule has 18 heavy (non-hydrogen) atoms.